The van der Waals surface area contributed by atoms with Gasteiger partial charge >= 0.3 is 13.5 Å². The smallest absolute Gasteiger partial charge is 0.404 e. The Morgan fingerprint density at radius 2 is 2.17 bits per heavy atom. The number of rotatable bonds is 4. The van der Waals surface area contributed by atoms with Crippen LogP contribution in [0.2, 0.25) is 0 Å². The van der Waals surface area contributed by atoms with Crippen molar-refractivity contribution in [1.29, 1.82) is 0 Å². The number of para-hydroxylation sites is 1. The molecule has 2 saturated heterocycles. The van der Waals surface area contributed by atoms with Gasteiger partial charge in [-0.05, 0) is 13.0 Å². The maximum absolute atomic E-state index is 12.9. The van der Waals surface area contributed by atoms with E-state index in [1.165, 1.54) is 10.8 Å². The van der Waals surface area contributed by atoms with Crippen molar-refractivity contribution in [3.8, 4) is 5.75 Å². The van der Waals surface area contributed by atoms with Crippen LogP contribution in [0.5, 0.6) is 5.75 Å². The second-order valence-corrected chi connectivity index (χ2v) is 9.01. The Bertz CT molecular complexity index is 1130. The number of nitrogens with one attached hydrogen (secondary N) is 1. The van der Waals surface area contributed by atoms with Crippen molar-refractivity contribution < 1.29 is 27.6 Å². The predicted octanol–water partition coefficient (Wildman–Crippen LogP) is 1.64. The van der Waals surface area contributed by atoms with Crippen LogP contribution in [0.3, 0.4) is 0 Å². The Morgan fingerprint density at radius 1 is 1.34 bits per heavy atom. The number of ether oxygens (including phenoxy) is 2. The van der Waals surface area contributed by atoms with Gasteiger partial charge in [-0.2, -0.15) is 0 Å². The number of aromatic nitrogens is 2. The van der Waals surface area contributed by atoms with Crippen molar-refractivity contribution in [2.45, 2.75) is 37.9 Å². The molecule has 3 aliphatic rings. The topological polar surface area (TPSA) is 118 Å². The Hall–Kier alpha value is -2.23. The number of hydrogen-bond acceptors (Lipinski definition) is 8. The molecule has 0 radical (unpaired) electrons. The monoisotopic (exact) mass is 422 g/mol. The van der Waals surface area contributed by atoms with Crippen LogP contribution in [0.15, 0.2) is 40.1 Å². The number of nitrogens with zero attached hydrogens (tertiary/aromatic N) is 1. The molecule has 2 fully saturated rings. The minimum Gasteiger partial charge on any atom is -0.404 e. The third kappa shape index (κ3) is 3.27. The van der Waals surface area contributed by atoms with Crippen molar-refractivity contribution in [2.75, 3.05) is 13.2 Å². The van der Waals surface area contributed by atoms with Crippen LogP contribution in [0, 0.1) is 6.92 Å². The van der Waals surface area contributed by atoms with Crippen LogP contribution in [0.4, 0.5) is 0 Å². The first-order valence-corrected chi connectivity index (χ1v) is 10.6. The molecule has 1 aromatic carbocycles. The minimum absolute atomic E-state index is 0.0868. The standard InChI is InChI=1S/C18H19N2O8P/c1-11-7-20(17(22)19-15(11)21)16-14-6-18(27-16,9-24-14)10-26-29(23)25-8-12-4-2-3-5-13(12)28-29/h2-5,7,14,16H,6,8-10H2,1H3,(H,19,21,22)/t14-,16-,18-,29?/m1/s1. The zero-order valence-electron chi connectivity index (χ0n) is 15.5. The number of hydrogen-bond donors (Lipinski definition) is 1. The van der Waals surface area contributed by atoms with Gasteiger partial charge in [0.25, 0.3) is 5.56 Å². The van der Waals surface area contributed by atoms with E-state index in [0.717, 1.165) is 5.56 Å². The van der Waals surface area contributed by atoms with Crippen LogP contribution in [0.25, 0.3) is 0 Å². The van der Waals surface area contributed by atoms with Crippen molar-refractivity contribution in [2.24, 2.45) is 0 Å². The summed E-state index contributed by atoms with van der Waals surface area (Å²) in [5.74, 6) is 0.459. The van der Waals surface area contributed by atoms with Crippen LogP contribution in [-0.4, -0.2) is 34.5 Å². The number of H-pyrrole nitrogens is 1. The first-order valence-electron chi connectivity index (χ1n) is 9.15. The van der Waals surface area contributed by atoms with Crippen LogP contribution in [-0.2, 0) is 29.7 Å². The Labute approximate surface area is 164 Å². The van der Waals surface area contributed by atoms with Gasteiger partial charge in [-0.25, -0.2) is 9.36 Å². The first kappa shape index (κ1) is 18.8. The first-order chi connectivity index (χ1) is 13.9. The van der Waals surface area contributed by atoms with Gasteiger partial charge < -0.3 is 14.0 Å². The molecule has 29 heavy (non-hydrogen) atoms. The summed E-state index contributed by atoms with van der Waals surface area (Å²) >= 11 is 0. The number of phosphoric ester groups is 1. The molecule has 2 aromatic rings. The molecule has 0 saturated carbocycles. The molecule has 1 unspecified atom stereocenters. The highest BCUT2D eigenvalue weighted by Gasteiger charge is 2.56. The maximum Gasteiger partial charge on any atom is 0.530 e. The lowest BCUT2D eigenvalue weighted by atomic mass is 10.0. The van der Waals surface area contributed by atoms with Crippen LogP contribution < -0.4 is 15.8 Å². The Balaban J connectivity index is 1.32. The van der Waals surface area contributed by atoms with E-state index in [9.17, 15) is 14.2 Å². The van der Waals surface area contributed by atoms with E-state index in [2.05, 4.69) is 4.98 Å². The van der Waals surface area contributed by atoms with Crippen molar-refractivity contribution >= 4 is 7.82 Å². The lowest BCUT2D eigenvalue weighted by Crippen LogP contribution is -2.43. The zero-order chi connectivity index (χ0) is 20.2. The molecule has 4 heterocycles. The Kier molecular flexibility index (Phi) is 4.30. The van der Waals surface area contributed by atoms with E-state index < -0.39 is 37.0 Å². The van der Waals surface area contributed by atoms with Gasteiger partial charge in [0.1, 0.15) is 17.5 Å². The average molecular weight is 422 g/mol. The maximum atomic E-state index is 12.9. The molecule has 0 aliphatic carbocycles. The molecule has 3 aliphatic heterocycles. The molecule has 4 atom stereocenters. The quantitative estimate of drug-likeness (QED) is 0.739. The van der Waals surface area contributed by atoms with Crippen LogP contribution >= 0.6 is 7.82 Å². The van der Waals surface area contributed by atoms with E-state index in [-0.39, 0.29) is 19.8 Å². The van der Waals surface area contributed by atoms with Crippen molar-refractivity contribution in [3.05, 3.63) is 62.4 Å². The number of phosphoric acid groups is 1. The molecule has 1 N–H and O–H groups in total. The molecule has 0 amide bonds. The van der Waals surface area contributed by atoms with Gasteiger partial charge in [0.2, 0.25) is 0 Å². The summed E-state index contributed by atoms with van der Waals surface area (Å²) in [6, 6.07) is 7.14. The second-order valence-electron chi connectivity index (χ2n) is 7.42. The molecule has 11 heteroatoms. The van der Waals surface area contributed by atoms with E-state index in [1.807, 2.05) is 12.1 Å². The molecule has 1 aromatic heterocycles. The molecular weight excluding hydrogens is 403 g/mol. The summed E-state index contributed by atoms with van der Waals surface area (Å²) < 4.78 is 42.3. The molecule has 5 rings (SSSR count). The largest absolute Gasteiger partial charge is 0.530 e. The number of aromatic amines is 1. The van der Waals surface area contributed by atoms with Gasteiger partial charge in [-0.3, -0.25) is 23.4 Å². The van der Waals surface area contributed by atoms with Gasteiger partial charge in [-0.15, -0.1) is 0 Å². The summed E-state index contributed by atoms with van der Waals surface area (Å²) in [6.45, 7) is 1.86. The normalized spacial score (nSPS) is 32.7. The number of aryl methyl sites for hydroxylation is 1. The SMILES string of the molecule is Cc1cn([C@@H]2O[C@@]3(COP4(=O)OCc5ccccc5O4)CO[C@@H]2C3)c(=O)[nH]c1=O. The third-order valence-corrected chi connectivity index (χ3v) is 6.60. The fourth-order valence-corrected chi connectivity index (χ4v) is 5.04. The second kappa shape index (κ2) is 6.65. The van der Waals surface area contributed by atoms with Gasteiger partial charge in [0.05, 0.1) is 19.8 Å². The fourth-order valence-electron chi connectivity index (χ4n) is 3.75. The molecular formula is C18H19N2O8P. The highest BCUT2D eigenvalue weighted by molar-refractivity contribution is 7.49. The summed E-state index contributed by atoms with van der Waals surface area (Å²) in [6.07, 6.45) is 0.775. The van der Waals surface area contributed by atoms with Gasteiger partial charge in [-0.1, -0.05) is 18.2 Å². The predicted molar refractivity (Wildman–Crippen MR) is 98.7 cm³/mol. The summed E-state index contributed by atoms with van der Waals surface area (Å²) in [5, 5.41) is 0. The van der Waals surface area contributed by atoms with E-state index in [0.29, 0.717) is 17.7 Å². The summed E-state index contributed by atoms with van der Waals surface area (Å²) in [4.78, 5) is 26.1. The number of benzene rings is 1. The molecule has 10 nitrogen and oxygen atoms in total. The lowest BCUT2D eigenvalue weighted by Gasteiger charge is -2.32. The van der Waals surface area contributed by atoms with Crippen molar-refractivity contribution in [3.63, 3.8) is 0 Å². The highest BCUT2D eigenvalue weighted by Crippen LogP contribution is 2.56. The molecule has 154 valence electrons. The fraction of sp³-hybridized carbons (Fsp3) is 0.444. The van der Waals surface area contributed by atoms with E-state index >= 15 is 0 Å². The van der Waals surface area contributed by atoms with Gasteiger partial charge in [0.15, 0.2) is 6.23 Å². The Morgan fingerprint density at radius 3 is 3.03 bits per heavy atom. The van der Waals surface area contributed by atoms with E-state index in [1.54, 1.807) is 19.1 Å². The van der Waals surface area contributed by atoms with E-state index in [4.69, 9.17) is 23.0 Å². The average Bonchev–Trinajstić information content (AvgIpc) is 3.28. The summed E-state index contributed by atoms with van der Waals surface area (Å²) in [5.41, 5.74) is -0.747. The molecule has 2 bridgehead atoms. The number of fused-ring (bicyclic) bond motifs is 3. The lowest BCUT2D eigenvalue weighted by molar-refractivity contribution is -0.183. The minimum atomic E-state index is -3.80. The van der Waals surface area contributed by atoms with Crippen LogP contribution in [0.1, 0.15) is 23.8 Å². The van der Waals surface area contributed by atoms with Gasteiger partial charge in [0, 0.05) is 23.7 Å². The summed E-state index contributed by atoms with van der Waals surface area (Å²) in [7, 11) is -3.80. The highest BCUT2D eigenvalue weighted by atomic mass is 31.2. The third-order valence-electron chi connectivity index (χ3n) is 5.29. The zero-order valence-corrected chi connectivity index (χ0v) is 16.4. The van der Waals surface area contributed by atoms with Crippen molar-refractivity contribution in [1.82, 2.24) is 9.55 Å². The molecule has 0 spiro atoms.